The average Bonchev–Trinajstić information content (AvgIpc) is 2.98. The van der Waals surface area contributed by atoms with Crippen LogP contribution in [0, 0.1) is 6.92 Å². The Morgan fingerprint density at radius 2 is 2.20 bits per heavy atom. The van der Waals surface area contributed by atoms with Gasteiger partial charge in [-0.15, -0.1) is 0 Å². The Balaban J connectivity index is 1.69. The van der Waals surface area contributed by atoms with Crippen molar-refractivity contribution in [3.05, 3.63) is 29.6 Å². The molecule has 1 atom stereocenters. The number of nitrogens with one attached hydrogen (secondary N) is 1. The summed E-state index contributed by atoms with van der Waals surface area (Å²) >= 11 is 0. The number of carbonyl (C=O) groups is 1. The summed E-state index contributed by atoms with van der Waals surface area (Å²) < 4.78 is 0. The second-order valence-corrected chi connectivity index (χ2v) is 5.71. The van der Waals surface area contributed by atoms with E-state index in [9.17, 15) is 4.79 Å². The van der Waals surface area contributed by atoms with Crippen LogP contribution in [0.25, 0.3) is 0 Å². The molecule has 1 fully saturated rings. The molecular weight excluding hydrogens is 250 g/mol. The zero-order valence-corrected chi connectivity index (χ0v) is 12.6. The average molecular weight is 275 g/mol. The van der Waals surface area contributed by atoms with Crippen molar-refractivity contribution in [1.29, 1.82) is 0 Å². The molecule has 1 aliphatic rings. The number of likely N-dealkylation sites (tertiary alicyclic amines) is 1. The van der Waals surface area contributed by atoms with E-state index in [1.54, 1.807) is 6.20 Å². The Labute approximate surface area is 121 Å². The fraction of sp³-hybridized carbons (Fsp3) is 0.625. The van der Waals surface area contributed by atoms with Gasteiger partial charge < -0.3 is 10.2 Å². The van der Waals surface area contributed by atoms with Gasteiger partial charge in [-0.25, -0.2) is 0 Å². The van der Waals surface area contributed by atoms with E-state index < -0.39 is 0 Å². The first-order valence-electron chi connectivity index (χ1n) is 7.57. The van der Waals surface area contributed by atoms with Crippen molar-refractivity contribution < 1.29 is 4.79 Å². The molecular formula is C16H25N3O. The molecule has 4 heteroatoms. The molecule has 2 heterocycles. The summed E-state index contributed by atoms with van der Waals surface area (Å²) in [4.78, 5) is 18.4. The molecule has 1 amide bonds. The number of pyridine rings is 1. The number of carbonyl (C=O) groups excluding carboxylic acids is 1. The Kier molecular flexibility index (Phi) is 5.53. The van der Waals surface area contributed by atoms with Gasteiger partial charge in [0.1, 0.15) is 0 Å². The van der Waals surface area contributed by atoms with E-state index in [0.29, 0.717) is 19.0 Å². The van der Waals surface area contributed by atoms with Crippen molar-refractivity contribution >= 4 is 5.91 Å². The maximum Gasteiger partial charge on any atom is 0.220 e. The van der Waals surface area contributed by atoms with E-state index in [1.807, 2.05) is 19.2 Å². The lowest BCUT2D eigenvalue weighted by atomic mass is 10.1. The van der Waals surface area contributed by atoms with Crippen LogP contribution < -0.4 is 5.32 Å². The van der Waals surface area contributed by atoms with Crippen LogP contribution in [0.2, 0.25) is 0 Å². The number of nitrogens with zero attached hydrogens (tertiary/aromatic N) is 2. The summed E-state index contributed by atoms with van der Waals surface area (Å²) in [7, 11) is 0. The molecule has 1 aromatic rings. The first-order valence-corrected chi connectivity index (χ1v) is 7.57. The lowest BCUT2D eigenvalue weighted by Gasteiger charge is -2.23. The van der Waals surface area contributed by atoms with Gasteiger partial charge in [0.05, 0.1) is 0 Å². The standard InChI is InChI=1S/C16H25N3O/c1-13-11-17-8-7-15(13)12-18-16(20)6-5-14(2)19-9-3-4-10-19/h7-8,11,14H,3-6,9-10,12H2,1-2H3,(H,18,20). The maximum atomic E-state index is 11.9. The third kappa shape index (κ3) is 4.30. The molecule has 0 saturated carbocycles. The molecule has 1 aromatic heterocycles. The lowest BCUT2D eigenvalue weighted by Crippen LogP contribution is -2.32. The van der Waals surface area contributed by atoms with E-state index in [4.69, 9.17) is 0 Å². The number of amides is 1. The van der Waals surface area contributed by atoms with Gasteiger partial charge in [-0.1, -0.05) is 0 Å². The van der Waals surface area contributed by atoms with Crippen LogP contribution in [0.3, 0.4) is 0 Å². The van der Waals surface area contributed by atoms with Crippen LogP contribution in [-0.2, 0) is 11.3 Å². The molecule has 20 heavy (non-hydrogen) atoms. The van der Waals surface area contributed by atoms with Crippen LogP contribution in [0.15, 0.2) is 18.5 Å². The van der Waals surface area contributed by atoms with Crippen molar-refractivity contribution in [2.24, 2.45) is 0 Å². The maximum absolute atomic E-state index is 11.9. The van der Waals surface area contributed by atoms with Crippen molar-refractivity contribution in [1.82, 2.24) is 15.2 Å². The first-order chi connectivity index (χ1) is 9.66. The van der Waals surface area contributed by atoms with E-state index >= 15 is 0 Å². The van der Waals surface area contributed by atoms with Gasteiger partial charge in [0.15, 0.2) is 0 Å². The van der Waals surface area contributed by atoms with Crippen LogP contribution in [0.5, 0.6) is 0 Å². The quantitative estimate of drug-likeness (QED) is 0.866. The van der Waals surface area contributed by atoms with E-state index in [1.165, 1.54) is 25.9 Å². The van der Waals surface area contributed by atoms with Crippen molar-refractivity contribution in [3.63, 3.8) is 0 Å². The number of rotatable bonds is 6. The summed E-state index contributed by atoms with van der Waals surface area (Å²) in [5, 5.41) is 3.00. The molecule has 1 unspecified atom stereocenters. The van der Waals surface area contributed by atoms with Gasteiger partial charge >= 0.3 is 0 Å². The predicted molar refractivity (Wildman–Crippen MR) is 80.3 cm³/mol. The first kappa shape index (κ1) is 15.0. The fourth-order valence-corrected chi connectivity index (χ4v) is 2.69. The molecule has 4 nitrogen and oxygen atoms in total. The van der Waals surface area contributed by atoms with Crippen LogP contribution in [-0.4, -0.2) is 34.9 Å². The Bertz CT molecular complexity index is 441. The SMILES string of the molecule is Cc1cnccc1CNC(=O)CCC(C)N1CCCC1. The highest BCUT2D eigenvalue weighted by atomic mass is 16.1. The highest BCUT2D eigenvalue weighted by molar-refractivity contribution is 5.75. The molecule has 0 bridgehead atoms. The second kappa shape index (κ2) is 7.39. The third-order valence-electron chi connectivity index (χ3n) is 4.17. The number of aryl methyl sites for hydroxylation is 1. The van der Waals surface area contributed by atoms with Crippen molar-refractivity contribution in [2.45, 2.75) is 52.1 Å². The van der Waals surface area contributed by atoms with Gasteiger partial charge in [0.25, 0.3) is 0 Å². The molecule has 2 rings (SSSR count). The van der Waals surface area contributed by atoms with Crippen molar-refractivity contribution in [3.8, 4) is 0 Å². The smallest absolute Gasteiger partial charge is 0.220 e. The molecule has 0 aliphatic carbocycles. The zero-order chi connectivity index (χ0) is 14.4. The minimum absolute atomic E-state index is 0.146. The van der Waals surface area contributed by atoms with Gasteiger partial charge in [0, 0.05) is 31.4 Å². The normalized spacial score (nSPS) is 17.1. The summed E-state index contributed by atoms with van der Waals surface area (Å²) in [6.45, 7) is 7.23. The number of hydrogen-bond donors (Lipinski definition) is 1. The Morgan fingerprint density at radius 1 is 1.45 bits per heavy atom. The highest BCUT2D eigenvalue weighted by Gasteiger charge is 2.18. The molecule has 1 aliphatic heterocycles. The molecule has 0 aromatic carbocycles. The molecule has 0 radical (unpaired) electrons. The van der Waals surface area contributed by atoms with Gasteiger partial charge in [0.2, 0.25) is 5.91 Å². The van der Waals surface area contributed by atoms with Gasteiger partial charge in [-0.3, -0.25) is 9.78 Å². The van der Waals surface area contributed by atoms with Gasteiger partial charge in [-0.05, 0) is 63.4 Å². The van der Waals surface area contributed by atoms with Gasteiger partial charge in [-0.2, -0.15) is 0 Å². The molecule has 1 saturated heterocycles. The zero-order valence-electron chi connectivity index (χ0n) is 12.6. The molecule has 1 N–H and O–H groups in total. The summed E-state index contributed by atoms with van der Waals surface area (Å²) in [5.41, 5.74) is 2.26. The second-order valence-electron chi connectivity index (χ2n) is 5.71. The summed E-state index contributed by atoms with van der Waals surface area (Å²) in [6.07, 6.45) is 7.76. The van der Waals surface area contributed by atoms with Crippen LogP contribution in [0.4, 0.5) is 0 Å². The number of aromatic nitrogens is 1. The Hall–Kier alpha value is -1.42. The van der Waals surface area contributed by atoms with E-state index in [2.05, 4.69) is 22.1 Å². The minimum Gasteiger partial charge on any atom is -0.352 e. The molecule has 0 spiro atoms. The van der Waals surface area contributed by atoms with Crippen LogP contribution in [0.1, 0.15) is 43.7 Å². The molecule has 110 valence electrons. The topological polar surface area (TPSA) is 45.2 Å². The number of hydrogen-bond acceptors (Lipinski definition) is 3. The highest BCUT2D eigenvalue weighted by Crippen LogP contribution is 2.14. The van der Waals surface area contributed by atoms with Crippen molar-refractivity contribution in [2.75, 3.05) is 13.1 Å². The monoisotopic (exact) mass is 275 g/mol. The van der Waals surface area contributed by atoms with E-state index in [-0.39, 0.29) is 5.91 Å². The fourth-order valence-electron chi connectivity index (χ4n) is 2.69. The largest absolute Gasteiger partial charge is 0.352 e. The summed E-state index contributed by atoms with van der Waals surface area (Å²) in [6, 6.07) is 2.48. The Morgan fingerprint density at radius 3 is 2.90 bits per heavy atom. The third-order valence-corrected chi connectivity index (χ3v) is 4.17. The van der Waals surface area contributed by atoms with Crippen LogP contribution >= 0.6 is 0 Å². The minimum atomic E-state index is 0.146. The lowest BCUT2D eigenvalue weighted by molar-refractivity contribution is -0.121. The summed E-state index contributed by atoms with van der Waals surface area (Å²) in [5.74, 6) is 0.146. The van der Waals surface area contributed by atoms with E-state index in [0.717, 1.165) is 17.5 Å². The predicted octanol–water partition coefficient (Wildman–Crippen LogP) is 2.27.